The molecule has 2 N–H and O–H groups in total. The summed E-state index contributed by atoms with van der Waals surface area (Å²) in [5.74, 6) is 0.511. The van der Waals surface area contributed by atoms with Gasteiger partial charge in [0, 0.05) is 36.4 Å². The Hall–Kier alpha value is -3.98. The number of aldehydes is 1. The topological polar surface area (TPSA) is 111 Å². The Labute approximate surface area is 205 Å². The molecule has 0 bridgehead atoms. The summed E-state index contributed by atoms with van der Waals surface area (Å²) < 4.78 is 6.74. The van der Waals surface area contributed by atoms with Crippen LogP contribution in [0, 0.1) is 0 Å². The van der Waals surface area contributed by atoms with Gasteiger partial charge in [-0.25, -0.2) is 4.68 Å². The molecule has 0 radical (unpaired) electrons. The van der Waals surface area contributed by atoms with E-state index in [1.54, 1.807) is 41.2 Å². The van der Waals surface area contributed by atoms with E-state index in [4.69, 9.17) is 4.74 Å². The van der Waals surface area contributed by atoms with E-state index in [9.17, 15) is 14.4 Å². The Bertz CT molecular complexity index is 1190. The minimum atomic E-state index is -0.225. The van der Waals surface area contributed by atoms with E-state index in [-0.39, 0.29) is 17.5 Å². The van der Waals surface area contributed by atoms with Crippen molar-refractivity contribution in [3.05, 3.63) is 65.5 Å². The van der Waals surface area contributed by atoms with Crippen LogP contribution in [0.5, 0.6) is 5.75 Å². The zero-order valence-corrected chi connectivity index (χ0v) is 20.5. The molecular weight excluding hydrogens is 446 g/mol. The van der Waals surface area contributed by atoms with Gasteiger partial charge in [-0.2, -0.15) is 5.10 Å². The second-order valence-electron chi connectivity index (χ2n) is 7.65. The normalized spacial score (nSPS) is 12.4. The third kappa shape index (κ3) is 4.95. The Morgan fingerprint density at radius 3 is 2.26 bits per heavy atom. The molecule has 3 aromatic rings. The maximum absolute atomic E-state index is 13.6. The standard InChI is InChI=1S/C25H26N4O4.CH5N/c1-4-23(31)27(5-2)17-6-8-18(9-7-17)28-15-14-21-22(16-30)26-29(24(21)25(28)32)19-10-12-20(33-3)13-11-19;1-2/h6-13,16H,4-5,14-15H2,1-3H3;2H2,1H3. The molecule has 4 rings (SSSR count). The van der Waals surface area contributed by atoms with Crippen LogP contribution in [0.2, 0.25) is 0 Å². The molecule has 2 heterocycles. The fourth-order valence-electron chi connectivity index (χ4n) is 4.14. The summed E-state index contributed by atoms with van der Waals surface area (Å²) in [6.07, 6.45) is 1.64. The van der Waals surface area contributed by atoms with E-state index in [1.165, 1.54) is 11.7 Å². The van der Waals surface area contributed by atoms with E-state index in [0.717, 1.165) is 11.4 Å². The number of anilines is 2. The number of nitrogens with two attached hydrogens (primary N) is 1. The molecule has 35 heavy (non-hydrogen) atoms. The lowest BCUT2D eigenvalue weighted by Gasteiger charge is -2.28. The van der Waals surface area contributed by atoms with Gasteiger partial charge >= 0.3 is 0 Å². The van der Waals surface area contributed by atoms with E-state index >= 15 is 0 Å². The first-order valence-corrected chi connectivity index (χ1v) is 11.5. The van der Waals surface area contributed by atoms with Crippen molar-refractivity contribution in [3.8, 4) is 11.4 Å². The van der Waals surface area contributed by atoms with Crippen molar-refractivity contribution in [2.45, 2.75) is 26.7 Å². The monoisotopic (exact) mass is 477 g/mol. The van der Waals surface area contributed by atoms with Gasteiger partial charge in [-0.3, -0.25) is 14.4 Å². The highest BCUT2D eigenvalue weighted by Gasteiger charge is 2.33. The average molecular weight is 478 g/mol. The molecule has 0 unspecified atom stereocenters. The smallest absolute Gasteiger partial charge is 0.277 e. The van der Waals surface area contributed by atoms with Crippen LogP contribution < -0.4 is 20.3 Å². The maximum atomic E-state index is 13.6. The number of carbonyl (C=O) groups is 3. The molecule has 1 aliphatic heterocycles. The zero-order valence-electron chi connectivity index (χ0n) is 20.5. The van der Waals surface area contributed by atoms with Crippen molar-refractivity contribution in [2.24, 2.45) is 5.73 Å². The molecule has 0 fully saturated rings. The number of carbonyl (C=O) groups excluding carboxylic acids is 3. The van der Waals surface area contributed by atoms with Gasteiger partial charge in [-0.15, -0.1) is 0 Å². The van der Waals surface area contributed by atoms with Crippen LogP contribution >= 0.6 is 0 Å². The van der Waals surface area contributed by atoms with Gasteiger partial charge in [0.2, 0.25) is 5.91 Å². The summed E-state index contributed by atoms with van der Waals surface area (Å²) in [4.78, 5) is 40.8. The Balaban J connectivity index is 0.00000167. The summed E-state index contributed by atoms with van der Waals surface area (Å²) in [6, 6.07) is 14.6. The van der Waals surface area contributed by atoms with Crippen molar-refractivity contribution in [1.82, 2.24) is 9.78 Å². The molecule has 2 amide bonds. The van der Waals surface area contributed by atoms with Crippen LogP contribution in [0.1, 0.15) is 46.8 Å². The van der Waals surface area contributed by atoms with Crippen LogP contribution in [-0.4, -0.2) is 55.1 Å². The molecule has 2 aromatic carbocycles. The number of methoxy groups -OCH3 is 1. The van der Waals surface area contributed by atoms with E-state index < -0.39 is 0 Å². The largest absolute Gasteiger partial charge is 0.497 e. The van der Waals surface area contributed by atoms with Gasteiger partial charge in [0.1, 0.15) is 17.1 Å². The summed E-state index contributed by atoms with van der Waals surface area (Å²) in [5.41, 5.74) is 8.01. The molecule has 1 aromatic heterocycles. The van der Waals surface area contributed by atoms with Crippen LogP contribution in [0.15, 0.2) is 48.5 Å². The number of fused-ring (bicyclic) bond motifs is 1. The highest BCUT2D eigenvalue weighted by Crippen LogP contribution is 2.30. The predicted molar refractivity (Wildman–Crippen MR) is 136 cm³/mol. The van der Waals surface area contributed by atoms with Crippen LogP contribution in [0.4, 0.5) is 11.4 Å². The maximum Gasteiger partial charge on any atom is 0.277 e. The molecular formula is C26H31N5O4. The van der Waals surface area contributed by atoms with E-state index in [0.29, 0.717) is 54.9 Å². The lowest BCUT2D eigenvalue weighted by molar-refractivity contribution is -0.118. The Kier molecular flexibility index (Phi) is 8.38. The predicted octanol–water partition coefficient (Wildman–Crippen LogP) is 3.23. The summed E-state index contributed by atoms with van der Waals surface area (Å²) in [6.45, 7) is 4.78. The van der Waals surface area contributed by atoms with Crippen LogP contribution in [0.3, 0.4) is 0 Å². The number of hydrogen-bond donors (Lipinski definition) is 1. The highest BCUT2D eigenvalue weighted by molar-refractivity contribution is 6.08. The summed E-state index contributed by atoms with van der Waals surface area (Å²) >= 11 is 0. The number of benzene rings is 2. The fourth-order valence-corrected chi connectivity index (χ4v) is 4.14. The number of rotatable bonds is 7. The molecule has 0 aliphatic carbocycles. The quantitative estimate of drug-likeness (QED) is 0.523. The number of aromatic nitrogens is 2. The molecule has 184 valence electrons. The first-order valence-electron chi connectivity index (χ1n) is 11.5. The minimum Gasteiger partial charge on any atom is -0.497 e. The Morgan fingerprint density at radius 1 is 1.09 bits per heavy atom. The minimum absolute atomic E-state index is 0.0497. The first kappa shape index (κ1) is 25.6. The van der Waals surface area contributed by atoms with Gasteiger partial charge in [0.05, 0.1) is 12.8 Å². The Morgan fingerprint density at radius 2 is 1.71 bits per heavy atom. The van der Waals surface area contributed by atoms with E-state index in [2.05, 4.69) is 10.8 Å². The zero-order chi connectivity index (χ0) is 25.5. The average Bonchev–Trinajstić information content (AvgIpc) is 3.30. The molecule has 0 spiro atoms. The van der Waals surface area contributed by atoms with Crippen LogP contribution in [-0.2, 0) is 11.2 Å². The van der Waals surface area contributed by atoms with Crippen LogP contribution in [0.25, 0.3) is 5.69 Å². The first-order chi connectivity index (χ1) is 17.0. The lowest BCUT2D eigenvalue weighted by Crippen LogP contribution is -2.39. The summed E-state index contributed by atoms with van der Waals surface area (Å²) in [7, 11) is 3.08. The van der Waals surface area contributed by atoms with Gasteiger partial charge in [-0.1, -0.05) is 6.92 Å². The van der Waals surface area contributed by atoms with Gasteiger partial charge in [0.15, 0.2) is 6.29 Å². The lowest BCUT2D eigenvalue weighted by atomic mass is 10.0. The molecule has 0 saturated heterocycles. The third-order valence-corrected chi connectivity index (χ3v) is 5.87. The third-order valence-electron chi connectivity index (χ3n) is 5.87. The number of amides is 2. The fraction of sp³-hybridized carbons (Fsp3) is 0.308. The number of ether oxygens (including phenoxy) is 1. The van der Waals surface area contributed by atoms with Crippen molar-refractivity contribution < 1.29 is 19.1 Å². The van der Waals surface area contributed by atoms with Gasteiger partial charge in [0.25, 0.3) is 5.91 Å². The molecule has 9 heteroatoms. The number of nitrogens with zero attached hydrogens (tertiary/aromatic N) is 4. The summed E-state index contributed by atoms with van der Waals surface area (Å²) in [5, 5.41) is 4.41. The van der Waals surface area contributed by atoms with E-state index in [1.807, 2.05) is 38.1 Å². The second kappa shape index (κ2) is 11.4. The molecule has 1 aliphatic rings. The molecule has 0 saturated carbocycles. The second-order valence-corrected chi connectivity index (χ2v) is 7.65. The number of hydrogen-bond acceptors (Lipinski definition) is 6. The SMILES string of the molecule is CCC(=O)N(CC)c1ccc(N2CCc3c(C=O)nn(-c4ccc(OC)cc4)c3C2=O)cc1.CN. The van der Waals surface area contributed by atoms with Gasteiger partial charge < -0.3 is 20.3 Å². The van der Waals surface area contributed by atoms with Gasteiger partial charge in [-0.05, 0) is 68.9 Å². The van der Waals surface area contributed by atoms with Crippen molar-refractivity contribution in [3.63, 3.8) is 0 Å². The van der Waals surface area contributed by atoms with Crippen molar-refractivity contribution in [2.75, 3.05) is 37.0 Å². The highest BCUT2D eigenvalue weighted by atomic mass is 16.5. The van der Waals surface area contributed by atoms with Crippen molar-refractivity contribution in [1.29, 1.82) is 0 Å². The molecule has 9 nitrogen and oxygen atoms in total. The molecule has 0 atom stereocenters. The van der Waals surface area contributed by atoms with Crippen molar-refractivity contribution >= 4 is 29.5 Å².